The summed E-state index contributed by atoms with van der Waals surface area (Å²) in [4.78, 5) is 36.0. The molecule has 0 aliphatic carbocycles. The van der Waals surface area contributed by atoms with Gasteiger partial charge in [-0.15, -0.1) is 0 Å². The molecule has 1 aliphatic rings. The zero-order valence-corrected chi connectivity index (χ0v) is 21.8. The number of nitrogens with one attached hydrogen (secondary N) is 1. The monoisotopic (exact) mass is 549 g/mol. The van der Waals surface area contributed by atoms with Gasteiger partial charge in [0.05, 0.1) is 16.3 Å². The normalized spacial score (nSPS) is 14.9. The molecule has 4 rings (SSSR count). The molecule has 1 aromatic heterocycles. The van der Waals surface area contributed by atoms with Crippen LogP contribution in [0.1, 0.15) is 39.2 Å². The van der Waals surface area contributed by atoms with Crippen molar-refractivity contribution in [1.29, 1.82) is 0 Å². The van der Waals surface area contributed by atoms with Gasteiger partial charge in [-0.2, -0.15) is 23.1 Å². The number of alkyl halides is 3. The highest BCUT2D eigenvalue weighted by molar-refractivity contribution is 6.33. The van der Waals surface area contributed by atoms with Crippen LogP contribution in [0.3, 0.4) is 0 Å². The van der Waals surface area contributed by atoms with Crippen LogP contribution in [0.4, 0.5) is 23.9 Å². The van der Waals surface area contributed by atoms with Crippen molar-refractivity contribution in [3.63, 3.8) is 0 Å². The van der Waals surface area contributed by atoms with Gasteiger partial charge in [0.1, 0.15) is 5.60 Å². The molecule has 1 saturated heterocycles. The summed E-state index contributed by atoms with van der Waals surface area (Å²) in [5.74, 6) is 0.322. The van der Waals surface area contributed by atoms with E-state index < -0.39 is 29.1 Å². The zero-order chi connectivity index (χ0) is 27.7. The van der Waals surface area contributed by atoms with Gasteiger partial charge in [-0.1, -0.05) is 23.7 Å². The summed E-state index contributed by atoms with van der Waals surface area (Å²) in [6.45, 7) is 6.29. The van der Waals surface area contributed by atoms with Crippen molar-refractivity contribution in [1.82, 2.24) is 19.9 Å². The van der Waals surface area contributed by atoms with Crippen molar-refractivity contribution >= 4 is 23.6 Å². The number of aromatic nitrogens is 3. The van der Waals surface area contributed by atoms with Gasteiger partial charge in [0, 0.05) is 24.7 Å². The standard InChI is InChI=1S/C26H27ClF3N5O3/c1-25(2,3)38-24(37)31-17-12-14-34(15-13-17)22-32-21(19-6-4-5-7-20(19)27)35(23(36)33-22)18-10-8-16(9-11-18)26(28,29)30/h4-11,17H,12-15H2,1-3H3,(H,31,37). The summed E-state index contributed by atoms with van der Waals surface area (Å²) < 4.78 is 45.7. The maximum absolute atomic E-state index is 13.3. The molecule has 2 heterocycles. The highest BCUT2D eigenvalue weighted by atomic mass is 35.5. The molecule has 0 radical (unpaired) electrons. The quantitative estimate of drug-likeness (QED) is 0.465. The van der Waals surface area contributed by atoms with Gasteiger partial charge in [0.25, 0.3) is 0 Å². The number of anilines is 1. The van der Waals surface area contributed by atoms with Crippen LogP contribution in [0.2, 0.25) is 5.02 Å². The van der Waals surface area contributed by atoms with Gasteiger partial charge in [-0.3, -0.25) is 0 Å². The maximum Gasteiger partial charge on any atom is 0.416 e. The molecule has 0 spiro atoms. The number of benzene rings is 2. The summed E-state index contributed by atoms with van der Waals surface area (Å²) in [7, 11) is 0. The second-order valence-corrected chi connectivity index (χ2v) is 10.3. The first-order chi connectivity index (χ1) is 17.8. The first-order valence-corrected chi connectivity index (χ1v) is 12.4. The average molecular weight is 550 g/mol. The van der Waals surface area contributed by atoms with Crippen molar-refractivity contribution in [2.24, 2.45) is 0 Å². The minimum absolute atomic E-state index is 0.114. The predicted octanol–water partition coefficient (Wildman–Crippen LogP) is 5.46. The highest BCUT2D eigenvalue weighted by Gasteiger charge is 2.31. The van der Waals surface area contributed by atoms with Crippen molar-refractivity contribution in [3.05, 3.63) is 69.6 Å². The molecule has 1 fully saturated rings. The Morgan fingerprint density at radius 3 is 2.24 bits per heavy atom. The first-order valence-electron chi connectivity index (χ1n) is 12.0. The third-order valence-electron chi connectivity index (χ3n) is 5.87. The first kappa shape index (κ1) is 27.4. The predicted molar refractivity (Wildman–Crippen MR) is 138 cm³/mol. The smallest absolute Gasteiger partial charge is 0.416 e. The third-order valence-corrected chi connectivity index (χ3v) is 6.20. The molecule has 0 saturated carbocycles. The van der Waals surface area contributed by atoms with E-state index in [9.17, 15) is 22.8 Å². The Morgan fingerprint density at radius 1 is 1.03 bits per heavy atom. The molecule has 38 heavy (non-hydrogen) atoms. The number of amides is 1. The molecule has 3 aromatic rings. The fourth-order valence-electron chi connectivity index (χ4n) is 4.09. The van der Waals surface area contributed by atoms with Gasteiger partial charge in [-0.25, -0.2) is 14.2 Å². The van der Waals surface area contributed by atoms with Crippen LogP contribution < -0.4 is 15.9 Å². The zero-order valence-electron chi connectivity index (χ0n) is 21.1. The Labute approximate surface area is 222 Å². The van der Waals surface area contributed by atoms with E-state index in [0.717, 1.165) is 16.7 Å². The minimum Gasteiger partial charge on any atom is -0.444 e. The Hall–Kier alpha value is -3.60. The highest BCUT2D eigenvalue weighted by Crippen LogP contribution is 2.31. The molecular weight excluding hydrogens is 523 g/mol. The fraction of sp³-hybridized carbons (Fsp3) is 0.385. The number of rotatable bonds is 4. The largest absolute Gasteiger partial charge is 0.444 e. The number of piperidine rings is 1. The van der Waals surface area contributed by atoms with Crippen molar-refractivity contribution in [2.45, 2.75) is 51.4 Å². The van der Waals surface area contributed by atoms with E-state index in [1.54, 1.807) is 45.0 Å². The van der Waals surface area contributed by atoms with Crippen LogP contribution >= 0.6 is 11.6 Å². The molecule has 1 amide bonds. The lowest BCUT2D eigenvalue weighted by Crippen LogP contribution is -2.47. The number of nitrogens with zero attached hydrogens (tertiary/aromatic N) is 4. The Balaban J connectivity index is 1.64. The van der Waals surface area contributed by atoms with Crippen LogP contribution in [0, 0.1) is 0 Å². The summed E-state index contributed by atoms with van der Waals surface area (Å²) >= 11 is 6.42. The molecule has 202 valence electrons. The molecule has 1 N–H and O–H groups in total. The topological polar surface area (TPSA) is 89.4 Å². The van der Waals surface area contributed by atoms with Gasteiger partial charge in [-0.05, 0) is 70.0 Å². The van der Waals surface area contributed by atoms with E-state index in [1.165, 1.54) is 12.1 Å². The van der Waals surface area contributed by atoms with E-state index in [0.29, 0.717) is 36.5 Å². The van der Waals surface area contributed by atoms with Gasteiger partial charge in [0.15, 0.2) is 5.82 Å². The van der Waals surface area contributed by atoms with Gasteiger partial charge >= 0.3 is 18.0 Å². The van der Waals surface area contributed by atoms with Crippen molar-refractivity contribution < 1.29 is 22.7 Å². The lowest BCUT2D eigenvalue weighted by molar-refractivity contribution is -0.137. The molecule has 12 heteroatoms. The Bertz CT molecular complexity index is 1360. The van der Waals surface area contributed by atoms with E-state index in [1.807, 2.05) is 4.90 Å². The maximum atomic E-state index is 13.3. The lowest BCUT2D eigenvalue weighted by atomic mass is 10.1. The number of hydrogen-bond acceptors (Lipinski definition) is 6. The second kappa shape index (κ2) is 10.6. The number of carbonyl (C=O) groups excluding carboxylic acids is 1. The number of alkyl carbamates (subject to hydrolysis) is 1. The Morgan fingerprint density at radius 2 is 1.66 bits per heavy atom. The van der Waals surface area contributed by atoms with E-state index in [-0.39, 0.29) is 23.5 Å². The fourth-order valence-corrected chi connectivity index (χ4v) is 4.31. The van der Waals surface area contributed by atoms with Crippen molar-refractivity contribution in [3.8, 4) is 17.1 Å². The van der Waals surface area contributed by atoms with Crippen molar-refractivity contribution in [2.75, 3.05) is 18.0 Å². The summed E-state index contributed by atoms with van der Waals surface area (Å²) in [6, 6.07) is 10.8. The average Bonchev–Trinajstić information content (AvgIpc) is 2.83. The minimum atomic E-state index is -4.51. The number of halogens is 4. The van der Waals surface area contributed by atoms with E-state index in [2.05, 4.69) is 15.3 Å². The number of ether oxygens (including phenoxy) is 1. The molecule has 8 nitrogen and oxygen atoms in total. The SMILES string of the molecule is CC(C)(C)OC(=O)NC1CCN(c2nc(-c3ccccc3Cl)n(-c3ccc(C(F)(F)F)cc3)c(=O)n2)CC1. The van der Waals surface area contributed by atoms with Crippen LogP contribution in [0.15, 0.2) is 53.3 Å². The van der Waals surface area contributed by atoms with Crippen LogP contribution in [0.25, 0.3) is 17.1 Å². The third kappa shape index (κ3) is 6.45. The molecule has 2 aromatic carbocycles. The van der Waals surface area contributed by atoms with E-state index >= 15 is 0 Å². The molecule has 0 bridgehead atoms. The number of hydrogen-bond donors (Lipinski definition) is 1. The molecule has 1 aliphatic heterocycles. The Kier molecular flexibility index (Phi) is 7.68. The molecule has 0 atom stereocenters. The van der Waals surface area contributed by atoms with E-state index in [4.69, 9.17) is 16.3 Å². The lowest BCUT2D eigenvalue weighted by Gasteiger charge is -2.33. The molecular formula is C26H27ClF3N5O3. The summed E-state index contributed by atoms with van der Waals surface area (Å²) in [6.07, 6.45) is -3.86. The van der Waals surface area contributed by atoms with Gasteiger partial charge in [0.2, 0.25) is 5.95 Å². The van der Waals surface area contributed by atoms with Crippen LogP contribution in [-0.4, -0.2) is 45.4 Å². The summed E-state index contributed by atoms with van der Waals surface area (Å²) in [5, 5.41) is 3.17. The van der Waals surface area contributed by atoms with Crippen LogP contribution in [0.5, 0.6) is 0 Å². The number of carbonyl (C=O) groups is 1. The van der Waals surface area contributed by atoms with Crippen LogP contribution in [-0.2, 0) is 10.9 Å². The second-order valence-electron chi connectivity index (χ2n) is 9.90. The van der Waals surface area contributed by atoms with Gasteiger partial charge < -0.3 is 15.0 Å². The summed E-state index contributed by atoms with van der Waals surface area (Å²) in [5.41, 5.74) is -1.56. The molecule has 0 unspecified atom stereocenters.